The fraction of sp³-hybridized carbons (Fsp3) is 0.533. The molecule has 0 fully saturated rings. The van der Waals surface area contributed by atoms with Crippen molar-refractivity contribution in [2.24, 2.45) is 0 Å². The molecule has 1 aromatic carbocycles. The number of hydrogen-bond acceptors (Lipinski definition) is 3. The average Bonchev–Trinajstić information content (AvgIpc) is 2.45. The highest BCUT2D eigenvalue weighted by Gasteiger charge is 2.25. The largest absolute Gasteiger partial charge is 0.493 e. The lowest BCUT2D eigenvalue weighted by Crippen LogP contribution is -2.44. The van der Waals surface area contributed by atoms with E-state index >= 15 is 0 Å². The Kier molecular flexibility index (Phi) is 5.43. The van der Waals surface area contributed by atoms with Crippen LogP contribution in [0, 0.1) is 0 Å². The highest BCUT2D eigenvalue weighted by Crippen LogP contribution is 2.34. The standard InChI is InChI=1S/C15H21BrN2O2/c1-3-7-17-15(19)10(2)18-13-6-8-20-14-5-4-11(16)9-12(13)14/h4-5,9-10,13,18H,3,6-8H2,1-2H3,(H,17,19). The zero-order chi connectivity index (χ0) is 14.5. The van der Waals surface area contributed by atoms with Crippen LogP contribution in [0.5, 0.6) is 5.75 Å². The molecular weight excluding hydrogens is 320 g/mol. The monoisotopic (exact) mass is 340 g/mol. The van der Waals surface area contributed by atoms with E-state index in [0.29, 0.717) is 6.61 Å². The van der Waals surface area contributed by atoms with E-state index in [2.05, 4.69) is 32.6 Å². The van der Waals surface area contributed by atoms with E-state index in [0.717, 1.165) is 35.2 Å². The zero-order valence-electron chi connectivity index (χ0n) is 11.9. The molecule has 0 aliphatic carbocycles. The Hall–Kier alpha value is -1.07. The Morgan fingerprint density at radius 2 is 2.35 bits per heavy atom. The van der Waals surface area contributed by atoms with E-state index in [1.54, 1.807) is 0 Å². The van der Waals surface area contributed by atoms with Crippen LogP contribution in [0.25, 0.3) is 0 Å². The van der Waals surface area contributed by atoms with Crippen LogP contribution in [0.4, 0.5) is 0 Å². The first kappa shape index (κ1) is 15.3. The minimum Gasteiger partial charge on any atom is -0.493 e. The Morgan fingerprint density at radius 3 is 3.10 bits per heavy atom. The van der Waals surface area contributed by atoms with Crippen molar-refractivity contribution in [2.75, 3.05) is 13.2 Å². The maximum absolute atomic E-state index is 11.9. The van der Waals surface area contributed by atoms with Gasteiger partial charge >= 0.3 is 0 Å². The lowest BCUT2D eigenvalue weighted by molar-refractivity contribution is -0.123. The van der Waals surface area contributed by atoms with Gasteiger partial charge in [-0.05, 0) is 31.5 Å². The van der Waals surface area contributed by atoms with Gasteiger partial charge < -0.3 is 10.1 Å². The van der Waals surface area contributed by atoms with Crippen molar-refractivity contribution in [1.29, 1.82) is 0 Å². The molecule has 0 saturated heterocycles. The molecule has 5 heteroatoms. The van der Waals surface area contributed by atoms with Crippen LogP contribution in [0.2, 0.25) is 0 Å². The van der Waals surface area contributed by atoms with E-state index in [1.807, 2.05) is 26.0 Å². The minimum absolute atomic E-state index is 0.0508. The fourth-order valence-corrected chi connectivity index (χ4v) is 2.70. The maximum atomic E-state index is 11.9. The van der Waals surface area contributed by atoms with Crippen molar-refractivity contribution >= 4 is 21.8 Å². The van der Waals surface area contributed by atoms with Crippen LogP contribution in [0.3, 0.4) is 0 Å². The maximum Gasteiger partial charge on any atom is 0.236 e. The number of fused-ring (bicyclic) bond motifs is 1. The second-order valence-corrected chi connectivity index (χ2v) is 5.97. The molecular formula is C15H21BrN2O2. The number of rotatable bonds is 5. The quantitative estimate of drug-likeness (QED) is 0.866. The fourth-order valence-electron chi connectivity index (χ4n) is 2.32. The predicted octanol–water partition coefficient (Wildman–Crippen LogP) is 2.78. The van der Waals surface area contributed by atoms with Crippen LogP contribution in [0.1, 0.15) is 38.3 Å². The Balaban J connectivity index is 2.04. The predicted molar refractivity (Wildman–Crippen MR) is 82.9 cm³/mol. The molecule has 1 aromatic rings. The Morgan fingerprint density at radius 1 is 1.55 bits per heavy atom. The molecule has 2 N–H and O–H groups in total. The third kappa shape index (κ3) is 3.73. The van der Waals surface area contributed by atoms with Gasteiger partial charge in [0, 0.05) is 29.0 Å². The van der Waals surface area contributed by atoms with E-state index in [1.165, 1.54) is 0 Å². The number of nitrogens with one attached hydrogen (secondary N) is 2. The van der Waals surface area contributed by atoms with Crippen LogP contribution >= 0.6 is 15.9 Å². The smallest absolute Gasteiger partial charge is 0.236 e. The highest BCUT2D eigenvalue weighted by molar-refractivity contribution is 9.10. The highest BCUT2D eigenvalue weighted by atomic mass is 79.9. The molecule has 0 spiro atoms. The zero-order valence-corrected chi connectivity index (χ0v) is 13.5. The number of benzene rings is 1. The average molecular weight is 341 g/mol. The summed E-state index contributed by atoms with van der Waals surface area (Å²) >= 11 is 3.48. The van der Waals surface area contributed by atoms with E-state index < -0.39 is 0 Å². The van der Waals surface area contributed by atoms with E-state index in [-0.39, 0.29) is 18.0 Å². The first-order valence-corrected chi connectivity index (χ1v) is 7.87. The second-order valence-electron chi connectivity index (χ2n) is 5.05. The normalized spacial score (nSPS) is 18.9. The summed E-state index contributed by atoms with van der Waals surface area (Å²) in [6, 6.07) is 5.94. The van der Waals surface area contributed by atoms with Gasteiger partial charge in [-0.1, -0.05) is 22.9 Å². The van der Waals surface area contributed by atoms with Crippen LogP contribution in [-0.4, -0.2) is 25.1 Å². The van der Waals surface area contributed by atoms with Crippen molar-refractivity contribution in [3.8, 4) is 5.75 Å². The van der Waals surface area contributed by atoms with Crippen molar-refractivity contribution in [3.63, 3.8) is 0 Å². The van der Waals surface area contributed by atoms with Gasteiger partial charge in [0.1, 0.15) is 5.75 Å². The molecule has 0 saturated carbocycles. The summed E-state index contributed by atoms with van der Waals surface area (Å²) in [6.07, 6.45) is 1.82. The molecule has 2 unspecified atom stereocenters. The molecule has 1 heterocycles. The number of halogens is 1. The first-order chi connectivity index (χ1) is 9.61. The summed E-state index contributed by atoms with van der Waals surface area (Å²) in [5, 5.41) is 6.31. The molecule has 1 aliphatic heterocycles. The molecule has 2 rings (SSSR count). The minimum atomic E-state index is -0.212. The van der Waals surface area contributed by atoms with E-state index in [9.17, 15) is 4.79 Å². The molecule has 4 nitrogen and oxygen atoms in total. The third-order valence-electron chi connectivity index (χ3n) is 3.41. The molecule has 0 bridgehead atoms. The number of hydrogen-bond donors (Lipinski definition) is 2. The SMILES string of the molecule is CCCNC(=O)C(C)NC1CCOc2ccc(Br)cc21. The van der Waals surface area contributed by atoms with Crippen molar-refractivity contribution in [2.45, 2.75) is 38.8 Å². The molecule has 1 amide bonds. The lowest BCUT2D eigenvalue weighted by Gasteiger charge is -2.29. The summed E-state index contributed by atoms with van der Waals surface area (Å²) in [4.78, 5) is 11.9. The molecule has 0 aromatic heterocycles. The number of ether oxygens (including phenoxy) is 1. The van der Waals surface area contributed by atoms with Gasteiger partial charge in [0.25, 0.3) is 0 Å². The number of carbonyl (C=O) groups excluding carboxylic acids is 1. The van der Waals surface area contributed by atoms with Gasteiger partial charge in [-0.15, -0.1) is 0 Å². The molecule has 1 aliphatic rings. The van der Waals surface area contributed by atoms with Gasteiger partial charge in [0.05, 0.1) is 12.6 Å². The molecule has 0 radical (unpaired) electrons. The Labute approximate surface area is 128 Å². The summed E-state index contributed by atoms with van der Waals surface area (Å²) in [6.45, 7) is 5.35. The number of carbonyl (C=O) groups is 1. The lowest BCUT2D eigenvalue weighted by atomic mass is 9.99. The molecule has 20 heavy (non-hydrogen) atoms. The van der Waals surface area contributed by atoms with Crippen molar-refractivity contribution < 1.29 is 9.53 Å². The van der Waals surface area contributed by atoms with Crippen LogP contribution < -0.4 is 15.4 Å². The molecule has 110 valence electrons. The van der Waals surface area contributed by atoms with Gasteiger partial charge in [-0.2, -0.15) is 0 Å². The van der Waals surface area contributed by atoms with Gasteiger partial charge in [0.15, 0.2) is 0 Å². The third-order valence-corrected chi connectivity index (χ3v) is 3.90. The van der Waals surface area contributed by atoms with Crippen LogP contribution in [-0.2, 0) is 4.79 Å². The van der Waals surface area contributed by atoms with Crippen molar-refractivity contribution in [1.82, 2.24) is 10.6 Å². The topological polar surface area (TPSA) is 50.4 Å². The first-order valence-electron chi connectivity index (χ1n) is 7.07. The van der Waals surface area contributed by atoms with Gasteiger partial charge in [0.2, 0.25) is 5.91 Å². The van der Waals surface area contributed by atoms with Gasteiger partial charge in [-0.25, -0.2) is 0 Å². The second kappa shape index (κ2) is 7.09. The summed E-state index contributed by atoms with van der Waals surface area (Å²) in [7, 11) is 0. The summed E-state index contributed by atoms with van der Waals surface area (Å²) in [5.41, 5.74) is 1.11. The summed E-state index contributed by atoms with van der Waals surface area (Å²) < 4.78 is 6.68. The van der Waals surface area contributed by atoms with Gasteiger partial charge in [-0.3, -0.25) is 10.1 Å². The molecule has 2 atom stereocenters. The van der Waals surface area contributed by atoms with Crippen LogP contribution in [0.15, 0.2) is 22.7 Å². The number of amides is 1. The van der Waals surface area contributed by atoms with Crippen molar-refractivity contribution in [3.05, 3.63) is 28.2 Å². The summed E-state index contributed by atoms with van der Waals surface area (Å²) in [5.74, 6) is 0.952. The van der Waals surface area contributed by atoms with E-state index in [4.69, 9.17) is 4.74 Å². The Bertz CT molecular complexity index is 479.